The van der Waals surface area contributed by atoms with Gasteiger partial charge in [-0.05, 0) is 35.4 Å². The van der Waals surface area contributed by atoms with Crippen LogP contribution in [0, 0.1) is 11.8 Å². The summed E-state index contributed by atoms with van der Waals surface area (Å²) in [4.78, 5) is 5.24. The van der Waals surface area contributed by atoms with Crippen LogP contribution in [0.5, 0.6) is 0 Å². The molecule has 0 saturated carbocycles. The third kappa shape index (κ3) is 3.65. The van der Waals surface area contributed by atoms with Crippen LogP contribution in [-0.2, 0) is 5.41 Å². The molecule has 1 aromatic heterocycles. The molecule has 1 heterocycles. The van der Waals surface area contributed by atoms with Gasteiger partial charge in [0.2, 0.25) is 0 Å². The molecule has 2 heteroatoms. The molecular weight excluding hydrogens is 262 g/mol. The molecule has 0 bridgehead atoms. The molecule has 1 aromatic carbocycles. The predicted octanol–water partition coefficient (Wildman–Crippen LogP) is 4.50. The Labute approximate surface area is 125 Å². The third-order valence-corrected chi connectivity index (χ3v) is 3.86. The van der Waals surface area contributed by atoms with Gasteiger partial charge in [-0.25, -0.2) is 0 Å². The summed E-state index contributed by atoms with van der Waals surface area (Å²) in [6.45, 7) is 6.65. The first-order valence-corrected chi connectivity index (χ1v) is 7.84. The molecule has 0 fully saturated rings. The van der Waals surface area contributed by atoms with E-state index >= 15 is 0 Å². The molecule has 0 atom stereocenters. The first-order valence-electron chi connectivity index (χ1n) is 6.61. The quantitative estimate of drug-likeness (QED) is 0.564. The molecule has 0 aliphatic heterocycles. The zero-order valence-electron chi connectivity index (χ0n) is 12.4. The highest BCUT2D eigenvalue weighted by Gasteiger charge is 2.12. The van der Waals surface area contributed by atoms with Gasteiger partial charge in [-0.2, -0.15) is 0 Å². The second kappa shape index (κ2) is 6.15. The number of nitrogens with zero attached hydrogens (tertiary/aromatic N) is 1. The van der Waals surface area contributed by atoms with E-state index in [4.69, 9.17) is 0 Å². The van der Waals surface area contributed by atoms with Crippen molar-refractivity contribution in [3.63, 3.8) is 0 Å². The van der Waals surface area contributed by atoms with Gasteiger partial charge in [0, 0.05) is 28.4 Å². The van der Waals surface area contributed by atoms with Crippen molar-refractivity contribution in [1.29, 1.82) is 0 Å². The van der Waals surface area contributed by atoms with E-state index in [0.29, 0.717) is 0 Å². The second-order valence-corrected chi connectivity index (χ2v) is 6.50. The van der Waals surface area contributed by atoms with Crippen molar-refractivity contribution in [3.05, 3.63) is 59.4 Å². The Morgan fingerprint density at radius 3 is 2.30 bits per heavy atom. The summed E-state index contributed by atoms with van der Waals surface area (Å²) >= 11 is 1.67. The van der Waals surface area contributed by atoms with E-state index in [9.17, 15) is 0 Å². The van der Waals surface area contributed by atoms with E-state index in [1.165, 1.54) is 5.56 Å². The topological polar surface area (TPSA) is 12.9 Å². The average Bonchev–Trinajstić information content (AvgIpc) is 2.45. The van der Waals surface area contributed by atoms with Crippen LogP contribution in [0.3, 0.4) is 0 Å². The molecule has 0 radical (unpaired) electrons. The van der Waals surface area contributed by atoms with Crippen LogP contribution in [0.1, 0.15) is 37.5 Å². The Hall–Kier alpha value is -1.72. The van der Waals surface area contributed by atoms with Crippen molar-refractivity contribution >= 4 is 11.8 Å². The predicted molar refractivity (Wildman–Crippen MR) is 87.1 cm³/mol. The molecule has 0 aliphatic carbocycles. The Balaban J connectivity index is 2.25. The van der Waals surface area contributed by atoms with Crippen LogP contribution in [-0.4, -0.2) is 11.2 Å². The van der Waals surface area contributed by atoms with Gasteiger partial charge in [-0.3, -0.25) is 4.98 Å². The van der Waals surface area contributed by atoms with Crippen LogP contribution in [0.15, 0.2) is 47.6 Å². The lowest BCUT2D eigenvalue weighted by Crippen LogP contribution is -2.10. The molecule has 0 unspecified atom stereocenters. The number of benzene rings is 1. The van der Waals surface area contributed by atoms with E-state index in [0.717, 1.165) is 16.0 Å². The zero-order valence-corrected chi connectivity index (χ0v) is 13.2. The second-order valence-electron chi connectivity index (χ2n) is 5.65. The zero-order chi connectivity index (χ0) is 14.6. The Kier molecular flexibility index (Phi) is 4.52. The van der Waals surface area contributed by atoms with Crippen LogP contribution >= 0.6 is 11.8 Å². The Bertz CT molecular complexity index is 640. The first-order chi connectivity index (χ1) is 9.50. The van der Waals surface area contributed by atoms with Crippen molar-refractivity contribution < 1.29 is 0 Å². The molecule has 2 rings (SSSR count). The van der Waals surface area contributed by atoms with Crippen molar-refractivity contribution in [2.45, 2.75) is 31.1 Å². The van der Waals surface area contributed by atoms with Gasteiger partial charge in [-0.15, -0.1) is 11.8 Å². The fourth-order valence-electron chi connectivity index (χ4n) is 1.84. The minimum Gasteiger partial charge on any atom is -0.263 e. The number of aromatic nitrogens is 1. The van der Waals surface area contributed by atoms with Crippen LogP contribution < -0.4 is 0 Å². The van der Waals surface area contributed by atoms with Gasteiger partial charge in [0.1, 0.15) is 0 Å². The highest BCUT2D eigenvalue weighted by Crippen LogP contribution is 2.22. The SMILES string of the molecule is CSc1cnccc1C#Cc1ccc(C(C)(C)C)cc1. The van der Waals surface area contributed by atoms with Crippen molar-refractivity contribution in [3.8, 4) is 11.8 Å². The average molecular weight is 281 g/mol. The van der Waals surface area contributed by atoms with Crippen molar-refractivity contribution in [2.75, 3.05) is 6.26 Å². The van der Waals surface area contributed by atoms with Crippen molar-refractivity contribution in [1.82, 2.24) is 4.98 Å². The lowest BCUT2D eigenvalue weighted by molar-refractivity contribution is 0.590. The van der Waals surface area contributed by atoms with Gasteiger partial charge in [0.15, 0.2) is 0 Å². The van der Waals surface area contributed by atoms with Gasteiger partial charge < -0.3 is 0 Å². The summed E-state index contributed by atoms with van der Waals surface area (Å²) in [6, 6.07) is 10.5. The normalized spacial score (nSPS) is 10.8. The fourth-order valence-corrected chi connectivity index (χ4v) is 2.34. The third-order valence-electron chi connectivity index (χ3n) is 3.10. The first kappa shape index (κ1) is 14.7. The summed E-state index contributed by atoms with van der Waals surface area (Å²) in [5.74, 6) is 6.45. The number of pyridine rings is 1. The maximum Gasteiger partial charge on any atom is 0.0416 e. The minimum atomic E-state index is 0.184. The lowest BCUT2D eigenvalue weighted by Gasteiger charge is -2.18. The summed E-state index contributed by atoms with van der Waals surface area (Å²) < 4.78 is 0. The van der Waals surface area contributed by atoms with Gasteiger partial charge in [0.05, 0.1) is 0 Å². The molecule has 0 aliphatic rings. The van der Waals surface area contributed by atoms with E-state index < -0.39 is 0 Å². The monoisotopic (exact) mass is 281 g/mol. The fraction of sp³-hybridized carbons (Fsp3) is 0.278. The summed E-state index contributed by atoms with van der Waals surface area (Å²) in [6.07, 6.45) is 5.68. The standard InChI is InChI=1S/C18H19NS/c1-18(2,3)16-9-6-14(7-10-16)5-8-15-11-12-19-13-17(15)20-4/h6-7,9-13H,1-4H3. The number of hydrogen-bond acceptors (Lipinski definition) is 2. The van der Waals surface area contributed by atoms with Crippen LogP contribution in [0.25, 0.3) is 0 Å². The van der Waals surface area contributed by atoms with Gasteiger partial charge in [-0.1, -0.05) is 44.7 Å². The number of thioether (sulfide) groups is 1. The maximum absolute atomic E-state index is 4.12. The molecule has 1 nitrogen and oxygen atoms in total. The molecule has 2 aromatic rings. The molecule has 0 N–H and O–H groups in total. The van der Waals surface area contributed by atoms with E-state index in [-0.39, 0.29) is 5.41 Å². The molecule has 102 valence electrons. The summed E-state index contributed by atoms with van der Waals surface area (Å²) in [7, 11) is 0. The van der Waals surface area contributed by atoms with Gasteiger partial charge in [0.25, 0.3) is 0 Å². The van der Waals surface area contributed by atoms with E-state index in [1.807, 2.05) is 18.5 Å². The van der Waals surface area contributed by atoms with E-state index in [1.54, 1.807) is 18.0 Å². The Morgan fingerprint density at radius 1 is 1.00 bits per heavy atom. The number of hydrogen-bond donors (Lipinski definition) is 0. The molecular formula is C18H19NS. The Morgan fingerprint density at radius 2 is 1.70 bits per heavy atom. The highest BCUT2D eigenvalue weighted by atomic mass is 32.2. The van der Waals surface area contributed by atoms with Crippen LogP contribution in [0.4, 0.5) is 0 Å². The molecule has 0 spiro atoms. The highest BCUT2D eigenvalue weighted by molar-refractivity contribution is 7.98. The summed E-state index contributed by atoms with van der Waals surface area (Å²) in [5, 5.41) is 0. The van der Waals surface area contributed by atoms with Crippen LogP contribution in [0.2, 0.25) is 0 Å². The van der Waals surface area contributed by atoms with E-state index in [2.05, 4.69) is 61.9 Å². The molecule has 0 amide bonds. The summed E-state index contributed by atoms with van der Waals surface area (Å²) in [5.41, 5.74) is 3.59. The van der Waals surface area contributed by atoms with Gasteiger partial charge >= 0.3 is 0 Å². The molecule has 20 heavy (non-hydrogen) atoms. The van der Waals surface area contributed by atoms with Crippen molar-refractivity contribution in [2.24, 2.45) is 0 Å². The smallest absolute Gasteiger partial charge is 0.0416 e. The largest absolute Gasteiger partial charge is 0.263 e. The maximum atomic E-state index is 4.12. The minimum absolute atomic E-state index is 0.184. The molecule has 0 saturated heterocycles. The lowest BCUT2D eigenvalue weighted by atomic mass is 9.87. The number of rotatable bonds is 1.